The van der Waals surface area contributed by atoms with Crippen molar-refractivity contribution >= 4 is 28.8 Å². The average Bonchev–Trinajstić information content (AvgIpc) is 2.63. The van der Waals surface area contributed by atoms with Crippen molar-refractivity contribution in [2.75, 3.05) is 5.32 Å². The standard InChI is InChI=1S/C10H10ClN3S/c1-7-2-3-8(15-7)6-14-10-9(11)12-4-5-13-10/h2-5H,6H2,1H3,(H,13,14). The summed E-state index contributed by atoms with van der Waals surface area (Å²) in [6.07, 6.45) is 3.19. The summed E-state index contributed by atoms with van der Waals surface area (Å²) in [5.74, 6) is 0.630. The monoisotopic (exact) mass is 239 g/mol. The molecule has 0 spiro atoms. The van der Waals surface area contributed by atoms with Crippen LogP contribution in [-0.4, -0.2) is 9.97 Å². The molecule has 0 amide bonds. The van der Waals surface area contributed by atoms with Gasteiger partial charge in [0.05, 0.1) is 6.54 Å². The third-order valence-electron chi connectivity index (χ3n) is 1.88. The zero-order valence-corrected chi connectivity index (χ0v) is 9.77. The molecule has 3 nitrogen and oxygen atoms in total. The maximum absolute atomic E-state index is 5.86. The number of nitrogens with one attached hydrogen (secondary N) is 1. The first-order chi connectivity index (χ1) is 7.25. The second kappa shape index (κ2) is 4.59. The Morgan fingerprint density at radius 3 is 2.80 bits per heavy atom. The molecule has 0 aliphatic rings. The van der Waals surface area contributed by atoms with Crippen LogP contribution in [0.4, 0.5) is 5.82 Å². The summed E-state index contributed by atoms with van der Waals surface area (Å²) in [4.78, 5) is 10.6. The Morgan fingerprint density at radius 1 is 1.33 bits per heavy atom. The molecule has 1 N–H and O–H groups in total. The van der Waals surface area contributed by atoms with Gasteiger partial charge in [0, 0.05) is 22.1 Å². The molecule has 15 heavy (non-hydrogen) atoms. The number of aryl methyl sites for hydroxylation is 1. The van der Waals surface area contributed by atoms with E-state index in [4.69, 9.17) is 11.6 Å². The average molecular weight is 240 g/mol. The van der Waals surface area contributed by atoms with Crippen LogP contribution in [0.25, 0.3) is 0 Å². The highest BCUT2D eigenvalue weighted by atomic mass is 35.5. The summed E-state index contributed by atoms with van der Waals surface area (Å²) in [6, 6.07) is 4.19. The van der Waals surface area contributed by atoms with E-state index >= 15 is 0 Å². The van der Waals surface area contributed by atoms with Crippen molar-refractivity contribution in [2.24, 2.45) is 0 Å². The van der Waals surface area contributed by atoms with Crippen molar-refractivity contribution < 1.29 is 0 Å². The Bertz CT molecular complexity index is 455. The Morgan fingerprint density at radius 2 is 2.13 bits per heavy atom. The first kappa shape index (κ1) is 10.4. The van der Waals surface area contributed by atoms with Gasteiger partial charge in [0.1, 0.15) is 0 Å². The van der Waals surface area contributed by atoms with Gasteiger partial charge in [-0.1, -0.05) is 11.6 Å². The van der Waals surface area contributed by atoms with Crippen molar-refractivity contribution in [3.63, 3.8) is 0 Å². The summed E-state index contributed by atoms with van der Waals surface area (Å²) in [5.41, 5.74) is 0. The maximum Gasteiger partial charge on any atom is 0.171 e. The van der Waals surface area contributed by atoms with Crippen LogP contribution in [0.5, 0.6) is 0 Å². The van der Waals surface area contributed by atoms with E-state index in [1.165, 1.54) is 9.75 Å². The Balaban J connectivity index is 2.02. The van der Waals surface area contributed by atoms with Crippen molar-refractivity contribution in [3.8, 4) is 0 Å². The number of nitrogens with zero attached hydrogens (tertiary/aromatic N) is 2. The molecule has 2 heterocycles. The van der Waals surface area contributed by atoms with Gasteiger partial charge in [0.25, 0.3) is 0 Å². The van der Waals surface area contributed by atoms with Gasteiger partial charge in [-0.3, -0.25) is 0 Å². The molecule has 0 radical (unpaired) electrons. The molecule has 0 saturated heterocycles. The molecule has 2 aromatic heterocycles. The number of hydrogen-bond acceptors (Lipinski definition) is 4. The fraction of sp³-hybridized carbons (Fsp3) is 0.200. The lowest BCUT2D eigenvalue weighted by molar-refractivity contribution is 1.11. The second-order valence-corrected chi connectivity index (χ2v) is 4.79. The van der Waals surface area contributed by atoms with Gasteiger partial charge in [-0.05, 0) is 19.1 Å². The molecule has 0 saturated carbocycles. The van der Waals surface area contributed by atoms with Gasteiger partial charge in [0.15, 0.2) is 11.0 Å². The van der Waals surface area contributed by atoms with Crippen LogP contribution >= 0.6 is 22.9 Å². The Hall–Kier alpha value is -1.13. The molecule has 0 unspecified atom stereocenters. The van der Waals surface area contributed by atoms with Gasteiger partial charge in [-0.25, -0.2) is 9.97 Å². The third kappa shape index (κ3) is 2.67. The molecular weight excluding hydrogens is 230 g/mol. The molecule has 0 aliphatic carbocycles. The summed E-state index contributed by atoms with van der Waals surface area (Å²) in [5, 5.41) is 3.56. The van der Waals surface area contributed by atoms with Crippen molar-refractivity contribution in [1.82, 2.24) is 9.97 Å². The largest absolute Gasteiger partial charge is 0.363 e. The quantitative estimate of drug-likeness (QED) is 0.895. The van der Waals surface area contributed by atoms with E-state index in [1.54, 1.807) is 23.7 Å². The smallest absolute Gasteiger partial charge is 0.171 e. The van der Waals surface area contributed by atoms with Crippen LogP contribution in [0, 0.1) is 6.92 Å². The first-order valence-corrected chi connectivity index (χ1v) is 5.71. The van der Waals surface area contributed by atoms with Crippen molar-refractivity contribution in [3.05, 3.63) is 39.4 Å². The molecule has 78 valence electrons. The summed E-state index contributed by atoms with van der Waals surface area (Å²) >= 11 is 7.62. The van der Waals surface area contributed by atoms with Gasteiger partial charge in [-0.2, -0.15) is 0 Å². The predicted molar refractivity (Wildman–Crippen MR) is 63.4 cm³/mol. The molecule has 0 aromatic carbocycles. The molecule has 2 aromatic rings. The van der Waals surface area contributed by atoms with E-state index < -0.39 is 0 Å². The highest BCUT2D eigenvalue weighted by Crippen LogP contribution is 2.19. The SMILES string of the molecule is Cc1ccc(CNc2nccnc2Cl)s1. The number of rotatable bonds is 3. The van der Waals surface area contributed by atoms with E-state index in [-0.39, 0.29) is 0 Å². The lowest BCUT2D eigenvalue weighted by Gasteiger charge is -2.03. The minimum Gasteiger partial charge on any atom is -0.363 e. The van der Waals surface area contributed by atoms with Crippen molar-refractivity contribution in [1.29, 1.82) is 0 Å². The topological polar surface area (TPSA) is 37.8 Å². The molecule has 2 rings (SSSR count). The lowest BCUT2D eigenvalue weighted by Crippen LogP contribution is -2.00. The van der Waals surface area contributed by atoms with E-state index in [1.807, 2.05) is 0 Å². The minimum absolute atomic E-state index is 0.408. The number of thiophene rings is 1. The fourth-order valence-electron chi connectivity index (χ4n) is 1.19. The highest BCUT2D eigenvalue weighted by molar-refractivity contribution is 7.11. The van der Waals surface area contributed by atoms with E-state index in [2.05, 4.69) is 34.3 Å². The van der Waals surface area contributed by atoms with Crippen LogP contribution in [0.1, 0.15) is 9.75 Å². The van der Waals surface area contributed by atoms with Gasteiger partial charge < -0.3 is 5.32 Å². The zero-order chi connectivity index (χ0) is 10.7. The number of aromatic nitrogens is 2. The molecule has 0 atom stereocenters. The van der Waals surface area contributed by atoms with Crippen molar-refractivity contribution in [2.45, 2.75) is 13.5 Å². The lowest BCUT2D eigenvalue weighted by atomic mass is 10.4. The molecular formula is C10H10ClN3S. The summed E-state index contributed by atoms with van der Waals surface area (Å²) < 4.78 is 0. The van der Waals surface area contributed by atoms with Gasteiger partial charge in [-0.15, -0.1) is 11.3 Å². The number of halogens is 1. The van der Waals surface area contributed by atoms with Crippen LogP contribution in [-0.2, 0) is 6.54 Å². The second-order valence-electron chi connectivity index (χ2n) is 3.06. The normalized spacial score (nSPS) is 10.3. The first-order valence-electron chi connectivity index (χ1n) is 4.51. The van der Waals surface area contributed by atoms with E-state index in [0.717, 1.165) is 6.54 Å². The van der Waals surface area contributed by atoms with E-state index in [0.29, 0.717) is 11.0 Å². The zero-order valence-electron chi connectivity index (χ0n) is 8.20. The highest BCUT2D eigenvalue weighted by Gasteiger charge is 2.02. The molecule has 0 fully saturated rings. The Kier molecular flexibility index (Phi) is 3.18. The minimum atomic E-state index is 0.408. The van der Waals surface area contributed by atoms with Crippen LogP contribution in [0.2, 0.25) is 5.15 Å². The molecule has 5 heteroatoms. The fourth-order valence-corrected chi connectivity index (χ4v) is 2.19. The van der Waals surface area contributed by atoms with Gasteiger partial charge in [0.2, 0.25) is 0 Å². The van der Waals surface area contributed by atoms with Crippen LogP contribution in [0.3, 0.4) is 0 Å². The molecule has 0 bridgehead atoms. The number of anilines is 1. The number of hydrogen-bond donors (Lipinski definition) is 1. The summed E-state index contributed by atoms with van der Waals surface area (Å²) in [6.45, 7) is 2.82. The van der Waals surface area contributed by atoms with Gasteiger partial charge >= 0.3 is 0 Å². The maximum atomic E-state index is 5.86. The summed E-state index contributed by atoms with van der Waals surface area (Å²) in [7, 11) is 0. The van der Waals surface area contributed by atoms with Crippen LogP contribution < -0.4 is 5.32 Å². The third-order valence-corrected chi connectivity index (χ3v) is 3.16. The Labute approximate surface area is 97.2 Å². The predicted octanol–water partition coefficient (Wildman–Crippen LogP) is 3.11. The van der Waals surface area contributed by atoms with Crippen LogP contribution in [0.15, 0.2) is 24.5 Å². The molecule has 0 aliphatic heterocycles. The van der Waals surface area contributed by atoms with E-state index in [9.17, 15) is 0 Å².